The Bertz CT molecular complexity index is 943. The Balaban J connectivity index is 2.03. The largest absolute Gasteiger partial charge is 0.342 e. The highest BCUT2D eigenvalue weighted by Gasteiger charge is 2.33. The summed E-state index contributed by atoms with van der Waals surface area (Å²) in [4.78, 5) is 30.0. The lowest BCUT2D eigenvalue weighted by Gasteiger charge is -2.19. The van der Waals surface area contributed by atoms with Crippen molar-refractivity contribution in [3.8, 4) is 0 Å². The molecule has 7 heteroatoms. The van der Waals surface area contributed by atoms with Crippen LogP contribution < -0.4 is 0 Å². The average molecular weight is 385 g/mol. The van der Waals surface area contributed by atoms with E-state index in [9.17, 15) is 9.59 Å². The molecule has 2 amide bonds. The number of carbonyl (C=O) groups excluding carboxylic acids is 2. The molecule has 0 unspecified atom stereocenters. The van der Waals surface area contributed by atoms with Crippen molar-refractivity contribution in [1.29, 1.82) is 0 Å². The van der Waals surface area contributed by atoms with E-state index in [1.807, 2.05) is 59.9 Å². The van der Waals surface area contributed by atoms with Crippen LogP contribution in [0.2, 0.25) is 0 Å². The smallest absolute Gasteiger partial charge is 0.276 e. The Morgan fingerprint density at radius 2 is 1.81 bits per heavy atom. The van der Waals surface area contributed by atoms with Gasteiger partial charge in [-0.25, -0.2) is 0 Å². The number of carbonyl (C=O) groups is 2. The molecule has 0 radical (unpaired) electrons. The maximum absolute atomic E-state index is 12.6. The Morgan fingerprint density at radius 1 is 1.15 bits per heavy atom. The number of fused-ring (bicyclic) bond motifs is 1. The molecule has 0 aliphatic carbocycles. The maximum atomic E-state index is 12.6. The van der Waals surface area contributed by atoms with Crippen molar-refractivity contribution < 1.29 is 9.59 Å². The molecule has 0 atom stereocenters. The van der Waals surface area contributed by atoms with E-state index in [0.29, 0.717) is 23.9 Å². The van der Waals surface area contributed by atoms with Gasteiger partial charge < -0.3 is 14.4 Å². The van der Waals surface area contributed by atoms with Crippen LogP contribution in [-0.4, -0.2) is 63.4 Å². The van der Waals surface area contributed by atoms with Gasteiger partial charge in [0.15, 0.2) is 5.11 Å². The minimum atomic E-state index is -0.126. The molecule has 1 fully saturated rings. The highest BCUT2D eigenvalue weighted by atomic mass is 32.1. The van der Waals surface area contributed by atoms with E-state index >= 15 is 0 Å². The number of hydrogen-bond acceptors (Lipinski definition) is 3. The van der Waals surface area contributed by atoms with Gasteiger partial charge in [0.25, 0.3) is 5.91 Å². The first-order chi connectivity index (χ1) is 12.9. The summed E-state index contributed by atoms with van der Waals surface area (Å²) < 4.78 is 1.95. The second-order valence-corrected chi connectivity index (χ2v) is 6.90. The molecule has 1 aliphatic rings. The Hall–Kier alpha value is -2.67. The van der Waals surface area contributed by atoms with E-state index in [-0.39, 0.29) is 18.4 Å². The molecular formula is C20H24N4O2S. The molecule has 142 valence electrons. The van der Waals surface area contributed by atoms with E-state index in [1.54, 1.807) is 19.0 Å². The second kappa shape index (κ2) is 7.52. The van der Waals surface area contributed by atoms with Gasteiger partial charge in [0.2, 0.25) is 5.91 Å². The summed E-state index contributed by atoms with van der Waals surface area (Å²) in [5.74, 6) is -0.0477. The molecule has 0 spiro atoms. The molecule has 0 N–H and O–H groups in total. The summed E-state index contributed by atoms with van der Waals surface area (Å²) in [6.07, 6.45) is 3.78. The van der Waals surface area contributed by atoms with Gasteiger partial charge >= 0.3 is 0 Å². The summed E-state index contributed by atoms with van der Waals surface area (Å²) in [7, 11) is 3.46. The lowest BCUT2D eigenvalue weighted by Crippen LogP contribution is -2.33. The van der Waals surface area contributed by atoms with Gasteiger partial charge in [0.05, 0.1) is 0 Å². The third-order valence-corrected chi connectivity index (χ3v) is 5.54. The van der Waals surface area contributed by atoms with Crippen LogP contribution in [-0.2, 0) is 16.1 Å². The molecule has 27 heavy (non-hydrogen) atoms. The van der Waals surface area contributed by atoms with Crippen LogP contribution in [0.3, 0.4) is 0 Å². The molecule has 6 nitrogen and oxygen atoms in total. The lowest BCUT2D eigenvalue weighted by atomic mass is 10.1. The number of para-hydroxylation sites is 1. The zero-order chi connectivity index (χ0) is 19.7. The monoisotopic (exact) mass is 384 g/mol. The van der Waals surface area contributed by atoms with E-state index in [1.165, 1.54) is 4.90 Å². The highest BCUT2D eigenvalue weighted by Crippen LogP contribution is 2.27. The number of amides is 2. The van der Waals surface area contributed by atoms with E-state index < -0.39 is 0 Å². The fourth-order valence-corrected chi connectivity index (χ4v) is 3.56. The van der Waals surface area contributed by atoms with Gasteiger partial charge in [-0.2, -0.15) is 0 Å². The minimum absolute atomic E-state index is 0.0786. The molecular weight excluding hydrogens is 360 g/mol. The van der Waals surface area contributed by atoms with Crippen LogP contribution >= 0.6 is 12.2 Å². The van der Waals surface area contributed by atoms with Gasteiger partial charge in [0, 0.05) is 49.8 Å². The topological polar surface area (TPSA) is 48.8 Å². The number of hydrogen-bond donors (Lipinski definition) is 0. The quantitative estimate of drug-likeness (QED) is 0.587. The standard InChI is InChI=1S/C20H24N4O2S/c1-5-23(6-2)18(25)13-24-12-14(15-9-7-8-10-16(15)24)11-17-19(26)22(4)20(27)21(17)3/h7-12H,5-6,13H2,1-4H3/b17-11-. The van der Waals surface area contributed by atoms with Gasteiger partial charge in [-0.3, -0.25) is 14.5 Å². The van der Waals surface area contributed by atoms with Crippen molar-refractivity contribution in [1.82, 2.24) is 19.3 Å². The van der Waals surface area contributed by atoms with Crippen molar-refractivity contribution in [2.75, 3.05) is 27.2 Å². The number of rotatable bonds is 5. The molecule has 1 aliphatic heterocycles. The van der Waals surface area contributed by atoms with Crippen molar-refractivity contribution in [2.45, 2.75) is 20.4 Å². The summed E-state index contributed by atoms with van der Waals surface area (Å²) in [6.45, 7) is 5.61. The number of nitrogens with zero attached hydrogens (tertiary/aromatic N) is 4. The Morgan fingerprint density at radius 3 is 2.41 bits per heavy atom. The summed E-state index contributed by atoms with van der Waals surface area (Å²) in [5, 5.41) is 1.48. The van der Waals surface area contributed by atoms with E-state index in [2.05, 4.69) is 0 Å². The van der Waals surface area contributed by atoms with Gasteiger partial charge in [0.1, 0.15) is 12.2 Å². The zero-order valence-electron chi connectivity index (χ0n) is 16.1. The summed E-state index contributed by atoms with van der Waals surface area (Å²) in [5.41, 5.74) is 2.39. The van der Waals surface area contributed by atoms with Crippen LogP contribution in [0.1, 0.15) is 19.4 Å². The van der Waals surface area contributed by atoms with Crippen molar-refractivity contribution in [2.24, 2.45) is 0 Å². The SMILES string of the molecule is CCN(CC)C(=O)Cn1cc(/C=C2/C(=O)N(C)C(=S)N2C)c2ccccc21. The van der Waals surface area contributed by atoms with E-state index in [4.69, 9.17) is 12.2 Å². The van der Waals surface area contributed by atoms with Gasteiger partial charge in [-0.15, -0.1) is 0 Å². The molecule has 1 aromatic heterocycles. The fourth-order valence-electron chi connectivity index (χ4n) is 3.38. The minimum Gasteiger partial charge on any atom is -0.342 e. The van der Waals surface area contributed by atoms with Crippen LogP contribution in [0.4, 0.5) is 0 Å². The number of likely N-dealkylation sites (N-methyl/N-ethyl adjacent to an activating group) is 3. The third-order valence-electron chi connectivity index (χ3n) is 4.99. The van der Waals surface area contributed by atoms with Crippen molar-refractivity contribution >= 4 is 46.1 Å². The maximum Gasteiger partial charge on any atom is 0.276 e. The zero-order valence-corrected chi connectivity index (χ0v) is 16.9. The highest BCUT2D eigenvalue weighted by molar-refractivity contribution is 7.80. The van der Waals surface area contributed by atoms with Crippen LogP contribution in [0, 0.1) is 0 Å². The molecule has 1 saturated heterocycles. The van der Waals surface area contributed by atoms with Gasteiger partial charge in [-0.1, -0.05) is 18.2 Å². The second-order valence-electron chi connectivity index (χ2n) is 6.53. The predicted octanol–water partition coefficient (Wildman–Crippen LogP) is 2.54. The lowest BCUT2D eigenvalue weighted by molar-refractivity contribution is -0.131. The normalized spacial score (nSPS) is 16.1. The molecule has 2 heterocycles. The van der Waals surface area contributed by atoms with Crippen LogP contribution in [0.25, 0.3) is 17.0 Å². The Kier molecular flexibility index (Phi) is 5.32. The van der Waals surface area contributed by atoms with Crippen molar-refractivity contribution in [3.63, 3.8) is 0 Å². The summed E-state index contributed by atoms with van der Waals surface area (Å²) >= 11 is 5.28. The fraction of sp³-hybridized carbons (Fsp3) is 0.350. The first-order valence-electron chi connectivity index (χ1n) is 9.02. The van der Waals surface area contributed by atoms with Crippen molar-refractivity contribution in [3.05, 3.63) is 41.7 Å². The summed E-state index contributed by atoms with van der Waals surface area (Å²) in [6, 6.07) is 7.90. The van der Waals surface area contributed by atoms with Crippen LogP contribution in [0.15, 0.2) is 36.2 Å². The molecule has 0 bridgehead atoms. The Labute approximate surface area is 164 Å². The number of aromatic nitrogens is 1. The molecule has 0 saturated carbocycles. The molecule has 1 aromatic carbocycles. The number of benzene rings is 1. The predicted molar refractivity (Wildman–Crippen MR) is 111 cm³/mol. The van der Waals surface area contributed by atoms with Crippen LogP contribution in [0.5, 0.6) is 0 Å². The van der Waals surface area contributed by atoms with Gasteiger partial charge in [-0.05, 0) is 38.2 Å². The molecule has 3 rings (SSSR count). The van der Waals surface area contributed by atoms with E-state index in [0.717, 1.165) is 16.5 Å². The molecule has 2 aromatic rings. The first-order valence-corrected chi connectivity index (χ1v) is 9.42. The average Bonchev–Trinajstić information content (AvgIpc) is 3.10. The third kappa shape index (κ3) is 3.35. The number of thiocarbonyl (C=S) groups is 1. The first kappa shape index (κ1) is 19.1.